The summed E-state index contributed by atoms with van der Waals surface area (Å²) in [5.74, 6) is 0.590. The van der Waals surface area contributed by atoms with E-state index >= 15 is 0 Å². The van der Waals surface area contributed by atoms with Crippen LogP contribution in [-0.2, 0) is 4.74 Å². The van der Waals surface area contributed by atoms with Gasteiger partial charge in [0.05, 0.1) is 6.10 Å². The van der Waals surface area contributed by atoms with Crippen molar-refractivity contribution in [3.05, 3.63) is 34.9 Å². The topological polar surface area (TPSA) is 21.3 Å². The third kappa shape index (κ3) is 3.28. The Bertz CT molecular complexity index is 455. The quantitative estimate of drug-likeness (QED) is 0.894. The minimum absolute atomic E-state index is 0.414. The second-order valence-electron chi connectivity index (χ2n) is 6.66. The third-order valence-electron chi connectivity index (χ3n) is 5.36. The number of halogens is 1. The number of ether oxygens (including phenoxy) is 1. The van der Waals surface area contributed by atoms with Gasteiger partial charge < -0.3 is 10.1 Å². The van der Waals surface area contributed by atoms with Gasteiger partial charge in [-0.05, 0) is 55.3 Å². The molecule has 3 unspecified atom stereocenters. The molecule has 2 saturated heterocycles. The van der Waals surface area contributed by atoms with Crippen LogP contribution in [-0.4, -0.2) is 25.8 Å². The van der Waals surface area contributed by atoms with E-state index in [9.17, 15) is 0 Å². The largest absolute Gasteiger partial charge is 0.378 e. The van der Waals surface area contributed by atoms with Crippen molar-refractivity contribution >= 4 is 11.6 Å². The number of nitrogens with one attached hydrogen (secondary N) is 1. The second kappa shape index (κ2) is 6.68. The minimum Gasteiger partial charge on any atom is -0.378 e. The van der Waals surface area contributed by atoms with Crippen molar-refractivity contribution in [2.24, 2.45) is 5.41 Å². The Hall–Kier alpha value is -0.570. The van der Waals surface area contributed by atoms with Gasteiger partial charge in [0.1, 0.15) is 0 Å². The molecule has 2 fully saturated rings. The molecular weight excluding hydrogens is 282 g/mol. The molecule has 21 heavy (non-hydrogen) atoms. The summed E-state index contributed by atoms with van der Waals surface area (Å²) in [4.78, 5) is 0. The summed E-state index contributed by atoms with van der Waals surface area (Å²) in [5.41, 5.74) is 1.85. The lowest BCUT2D eigenvalue weighted by molar-refractivity contribution is -0.0711. The van der Waals surface area contributed by atoms with Gasteiger partial charge in [-0.25, -0.2) is 0 Å². The normalized spacial score (nSPS) is 33.2. The van der Waals surface area contributed by atoms with Crippen LogP contribution < -0.4 is 5.32 Å². The molecular formula is C18H26ClNO. The van der Waals surface area contributed by atoms with Crippen molar-refractivity contribution in [1.29, 1.82) is 0 Å². The number of rotatable bonds is 3. The molecule has 2 nitrogen and oxygen atoms in total. The molecule has 3 rings (SSSR count). The Labute approximate surface area is 133 Å². The van der Waals surface area contributed by atoms with Crippen LogP contribution in [0.3, 0.4) is 0 Å². The first-order valence-corrected chi connectivity index (χ1v) is 8.69. The Morgan fingerprint density at radius 2 is 2.10 bits per heavy atom. The average molecular weight is 308 g/mol. The molecule has 0 saturated carbocycles. The minimum atomic E-state index is 0.414. The van der Waals surface area contributed by atoms with Gasteiger partial charge in [-0.3, -0.25) is 0 Å². The zero-order valence-electron chi connectivity index (χ0n) is 12.9. The van der Waals surface area contributed by atoms with Gasteiger partial charge in [0.25, 0.3) is 0 Å². The van der Waals surface area contributed by atoms with E-state index in [0.717, 1.165) is 24.7 Å². The van der Waals surface area contributed by atoms with E-state index in [1.54, 1.807) is 0 Å². The standard InChI is InChI=1S/C18H26ClNO/c1-2-3-16-12-18(9-11-21-16)8-10-20-13-17(18)14-4-6-15(19)7-5-14/h4-7,16-17,20H,2-3,8-13H2,1H3. The fraction of sp³-hybridized carbons (Fsp3) is 0.667. The maximum Gasteiger partial charge on any atom is 0.0580 e. The summed E-state index contributed by atoms with van der Waals surface area (Å²) in [6.45, 7) is 5.40. The van der Waals surface area contributed by atoms with Crippen molar-refractivity contribution in [1.82, 2.24) is 5.32 Å². The van der Waals surface area contributed by atoms with E-state index in [0.29, 0.717) is 17.4 Å². The lowest BCUT2D eigenvalue weighted by Crippen LogP contribution is -2.48. The van der Waals surface area contributed by atoms with Crippen LogP contribution in [0, 0.1) is 5.41 Å². The second-order valence-corrected chi connectivity index (χ2v) is 7.09. The van der Waals surface area contributed by atoms with Gasteiger partial charge in [0.15, 0.2) is 0 Å². The van der Waals surface area contributed by atoms with Crippen LogP contribution in [0.2, 0.25) is 5.02 Å². The van der Waals surface area contributed by atoms with Crippen LogP contribution >= 0.6 is 11.6 Å². The predicted octanol–water partition coefficient (Wildman–Crippen LogP) is 4.38. The molecule has 1 N–H and O–H groups in total. The highest BCUT2D eigenvalue weighted by Gasteiger charge is 2.44. The summed E-state index contributed by atoms with van der Waals surface area (Å²) in [5, 5.41) is 4.42. The number of hydrogen-bond donors (Lipinski definition) is 1. The molecule has 1 spiro atoms. The van der Waals surface area contributed by atoms with Crippen LogP contribution in [0.25, 0.3) is 0 Å². The Kier molecular flexibility index (Phi) is 4.88. The monoisotopic (exact) mass is 307 g/mol. The zero-order valence-corrected chi connectivity index (χ0v) is 13.7. The molecule has 2 aliphatic rings. The van der Waals surface area contributed by atoms with Crippen LogP contribution in [0.5, 0.6) is 0 Å². The van der Waals surface area contributed by atoms with Crippen LogP contribution in [0.4, 0.5) is 0 Å². The van der Waals surface area contributed by atoms with Crippen molar-refractivity contribution < 1.29 is 4.74 Å². The summed E-state index contributed by atoms with van der Waals surface area (Å²) in [6, 6.07) is 8.49. The van der Waals surface area contributed by atoms with Crippen molar-refractivity contribution in [2.45, 2.75) is 51.0 Å². The van der Waals surface area contributed by atoms with Gasteiger partial charge in [0.2, 0.25) is 0 Å². The first kappa shape index (κ1) is 15.3. The van der Waals surface area contributed by atoms with Gasteiger partial charge in [-0.1, -0.05) is 37.1 Å². The van der Waals surface area contributed by atoms with E-state index in [2.05, 4.69) is 24.4 Å². The third-order valence-corrected chi connectivity index (χ3v) is 5.61. The van der Waals surface area contributed by atoms with Gasteiger partial charge in [-0.2, -0.15) is 0 Å². The van der Waals surface area contributed by atoms with E-state index in [4.69, 9.17) is 16.3 Å². The highest BCUT2D eigenvalue weighted by atomic mass is 35.5. The van der Waals surface area contributed by atoms with Crippen molar-refractivity contribution in [3.63, 3.8) is 0 Å². The molecule has 2 heterocycles. The number of benzene rings is 1. The predicted molar refractivity (Wildman–Crippen MR) is 88.0 cm³/mol. The van der Waals surface area contributed by atoms with Crippen LogP contribution in [0.1, 0.15) is 50.5 Å². The summed E-state index contributed by atoms with van der Waals surface area (Å²) in [7, 11) is 0. The molecule has 0 bridgehead atoms. The molecule has 3 atom stereocenters. The number of hydrogen-bond acceptors (Lipinski definition) is 2. The highest BCUT2D eigenvalue weighted by molar-refractivity contribution is 6.30. The van der Waals surface area contributed by atoms with E-state index in [1.165, 1.54) is 37.7 Å². The van der Waals surface area contributed by atoms with Crippen LogP contribution in [0.15, 0.2) is 24.3 Å². The lowest BCUT2D eigenvalue weighted by Gasteiger charge is -2.49. The van der Waals surface area contributed by atoms with Gasteiger partial charge in [0, 0.05) is 24.1 Å². The molecule has 3 heteroatoms. The van der Waals surface area contributed by atoms with Gasteiger partial charge >= 0.3 is 0 Å². The Morgan fingerprint density at radius 1 is 1.29 bits per heavy atom. The molecule has 2 aliphatic heterocycles. The molecule has 0 radical (unpaired) electrons. The molecule has 1 aromatic carbocycles. The lowest BCUT2D eigenvalue weighted by atomic mass is 9.62. The first-order valence-electron chi connectivity index (χ1n) is 8.31. The van der Waals surface area contributed by atoms with Crippen molar-refractivity contribution in [3.8, 4) is 0 Å². The van der Waals surface area contributed by atoms with E-state index in [1.807, 2.05) is 12.1 Å². The van der Waals surface area contributed by atoms with Crippen molar-refractivity contribution in [2.75, 3.05) is 19.7 Å². The SMILES string of the molecule is CCCC1CC2(CCNCC2c2ccc(Cl)cc2)CCO1. The fourth-order valence-electron chi connectivity index (χ4n) is 4.24. The van der Waals surface area contributed by atoms with E-state index in [-0.39, 0.29) is 0 Å². The average Bonchev–Trinajstić information content (AvgIpc) is 2.49. The maximum absolute atomic E-state index is 6.06. The zero-order chi connectivity index (χ0) is 14.7. The molecule has 0 aromatic heterocycles. The molecule has 0 amide bonds. The summed E-state index contributed by atoms with van der Waals surface area (Å²) >= 11 is 6.06. The summed E-state index contributed by atoms with van der Waals surface area (Å²) in [6.07, 6.45) is 6.55. The molecule has 116 valence electrons. The highest BCUT2D eigenvalue weighted by Crippen LogP contribution is 2.50. The summed E-state index contributed by atoms with van der Waals surface area (Å²) < 4.78 is 6.01. The molecule has 1 aromatic rings. The number of piperidine rings is 1. The Balaban J connectivity index is 1.84. The van der Waals surface area contributed by atoms with Gasteiger partial charge in [-0.15, -0.1) is 0 Å². The smallest absolute Gasteiger partial charge is 0.0580 e. The first-order chi connectivity index (χ1) is 10.2. The fourth-order valence-corrected chi connectivity index (χ4v) is 4.36. The Morgan fingerprint density at radius 3 is 2.86 bits per heavy atom. The molecule has 0 aliphatic carbocycles. The van der Waals surface area contributed by atoms with E-state index < -0.39 is 0 Å². The maximum atomic E-state index is 6.06.